The Kier molecular flexibility index (Phi) is 4.47. The molecule has 0 spiro atoms. The molecule has 1 aromatic carbocycles. The number of hydrogen-bond acceptors (Lipinski definition) is 6. The van der Waals surface area contributed by atoms with Gasteiger partial charge in [0.2, 0.25) is 0 Å². The quantitative estimate of drug-likeness (QED) is 0.863. The Morgan fingerprint density at radius 2 is 2.05 bits per heavy atom. The van der Waals surface area contributed by atoms with Gasteiger partial charge >= 0.3 is 0 Å². The van der Waals surface area contributed by atoms with E-state index in [4.69, 9.17) is 15.7 Å². The fourth-order valence-electron chi connectivity index (χ4n) is 1.62. The van der Waals surface area contributed by atoms with E-state index < -0.39 is 0 Å². The zero-order chi connectivity index (χ0) is 14.4. The molecule has 0 saturated heterocycles. The number of ether oxygens (including phenoxy) is 1. The number of hydrogen-bond donors (Lipinski definition) is 2. The van der Waals surface area contributed by atoms with Gasteiger partial charge in [-0.15, -0.1) is 0 Å². The largest absolute Gasteiger partial charge is 0.384 e. The lowest BCUT2D eigenvalue weighted by Crippen LogP contribution is -2.05. The van der Waals surface area contributed by atoms with Crippen molar-refractivity contribution < 1.29 is 4.74 Å². The van der Waals surface area contributed by atoms with Gasteiger partial charge < -0.3 is 15.8 Å². The van der Waals surface area contributed by atoms with Gasteiger partial charge in [0.15, 0.2) is 5.82 Å². The Balaban J connectivity index is 2.15. The summed E-state index contributed by atoms with van der Waals surface area (Å²) in [6.07, 6.45) is 0. The zero-order valence-electron chi connectivity index (χ0n) is 11.1. The third-order valence-corrected chi connectivity index (χ3v) is 2.51. The number of nitrogens with one attached hydrogen (secondary N) is 1. The molecule has 0 saturated carbocycles. The van der Waals surface area contributed by atoms with Gasteiger partial charge in [-0.05, 0) is 31.2 Å². The minimum atomic E-state index is 0.323. The van der Waals surface area contributed by atoms with Crippen molar-refractivity contribution in [2.24, 2.45) is 0 Å². The van der Waals surface area contributed by atoms with Crippen molar-refractivity contribution in [3.05, 3.63) is 41.7 Å². The summed E-state index contributed by atoms with van der Waals surface area (Å²) in [6, 6.07) is 10.8. The number of nitriles is 1. The van der Waals surface area contributed by atoms with Gasteiger partial charge in [0.25, 0.3) is 0 Å². The molecule has 0 aliphatic carbocycles. The van der Waals surface area contributed by atoms with E-state index in [1.807, 2.05) is 6.92 Å². The predicted molar refractivity (Wildman–Crippen MR) is 76.2 cm³/mol. The minimum Gasteiger partial charge on any atom is -0.384 e. The Bertz CT molecular complexity index is 618. The third-order valence-electron chi connectivity index (χ3n) is 2.51. The summed E-state index contributed by atoms with van der Waals surface area (Å²) >= 11 is 0. The second kappa shape index (κ2) is 6.50. The van der Waals surface area contributed by atoms with Gasteiger partial charge in [-0.3, -0.25) is 0 Å². The molecular weight excluding hydrogens is 254 g/mol. The molecule has 1 aromatic heterocycles. The molecule has 0 radical (unpaired) electrons. The summed E-state index contributed by atoms with van der Waals surface area (Å²) in [7, 11) is 0. The van der Waals surface area contributed by atoms with Crippen LogP contribution in [0, 0.1) is 11.3 Å². The number of nitrogens with two attached hydrogens (primary N) is 1. The molecule has 0 aliphatic rings. The van der Waals surface area contributed by atoms with E-state index in [0.717, 1.165) is 5.69 Å². The summed E-state index contributed by atoms with van der Waals surface area (Å²) in [5, 5.41) is 11.9. The number of anilines is 3. The van der Waals surface area contributed by atoms with E-state index in [2.05, 4.69) is 21.4 Å². The van der Waals surface area contributed by atoms with Crippen molar-refractivity contribution in [2.75, 3.05) is 17.7 Å². The second-order valence-electron chi connectivity index (χ2n) is 4.05. The molecule has 0 fully saturated rings. The lowest BCUT2D eigenvalue weighted by atomic mass is 10.2. The Hall–Kier alpha value is -2.65. The molecule has 0 aliphatic heterocycles. The first-order chi connectivity index (χ1) is 9.71. The van der Waals surface area contributed by atoms with Crippen LogP contribution in [0.3, 0.4) is 0 Å². The molecule has 3 N–H and O–H groups in total. The van der Waals surface area contributed by atoms with Crippen molar-refractivity contribution in [3.8, 4) is 6.07 Å². The first kappa shape index (κ1) is 13.8. The highest BCUT2D eigenvalue weighted by atomic mass is 16.5. The predicted octanol–water partition coefficient (Wildman–Crippen LogP) is 2.21. The number of benzene rings is 1. The summed E-state index contributed by atoms with van der Waals surface area (Å²) in [6.45, 7) is 2.82. The molecule has 6 heteroatoms. The average molecular weight is 269 g/mol. The summed E-state index contributed by atoms with van der Waals surface area (Å²) in [4.78, 5) is 8.42. The highest BCUT2D eigenvalue weighted by molar-refractivity contribution is 5.59. The second-order valence-corrected chi connectivity index (χ2v) is 4.05. The highest BCUT2D eigenvalue weighted by Crippen LogP contribution is 2.17. The Labute approximate surface area is 117 Å². The van der Waals surface area contributed by atoms with Crippen LogP contribution >= 0.6 is 0 Å². The zero-order valence-corrected chi connectivity index (χ0v) is 11.1. The Morgan fingerprint density at radius 3 is 2.70 bits per heavy atom. The first-order valence-corrected chi connectivity index (χ1v) is 6.19. The van der Waals surface area contributed by atoms with E-state index >= 15 is 0 Å². The maximum atomic E-state index is 8.75. The van der Waals surface area contributed by atoms with E-state index in [9.17, 15) is 0 Å². The van der Waals surface area contributed by atoms with E-state index in [-0.39, 0.29) is 0 Å². The maximum absolute atomic E-state index is 8.75. The van der Waals surface area contributed by atoms with Gasteiger partial charge in [0.05, 0.1) is 11.6 Å². The van der Waals surface area contributed by atoms with Crippen LogP contribution in [0.15, 0.2) is 30.3 Å². The molecule has 1 heterocycles. The molecular formula is C14H15N5O. The van der Waals surface area contributed by atoms with Crippen LogP contribution in [0.25, 0.3) is 0 Å². The average Bonchev–Trinajstić information content (AvgIpc) is 2.45. The van der Waals surface area contributed by atoms with Crippen LogP contribution in [-0.4, -0.2) is 16.6 Å². The standard InChI is InChI=1S/C14H15N5O/c1-2-20-9-14-18-12(16)7-13(19-14)17-11-5-3-10(8-15)4-6-11/h3-7H,2,9H2,1H3,(H3,16,17,18,19). The Morgan fingerprint density at radius 1 is 1.30 bits per heavy atom. The van der Waals surface area contributed by atoms with Crippen LogP contribution < -0.4 is 11.1 Å². The number of aromatic nitrogens is 2. The molecule has 6 nitrogen and oxygen atoms in total. The minimum absolute atomic E-state index is 0.323. The fourth-order valence-corrected chi connectivity index (χ4v) is 1.62. The summed E-state index contributed by atoms with van der Waals surface area (Å²) < 4.78 is 5.27. The van der Waals surface area contributed by atoms with Crippen LogP contribution in [-0.2, 0) is 11.3 Å². The van der Waals surface area contributed by atoms with Crippen LogP contribution in [0.1, 0.15) is 18.3 Å². The smallest absolute Gasteiger partial charge is 0.158 e. The van der Waals surface area contributed by atoms with Gasteiger partial charge in [0.1, 0.15) is 18.2 Å². The van der Waals surface area contributed by atoms with Crippen LogP contribution in [0.5, 0.6) is 0 Å². The third kappa shape index (κ3) is 3.67. The fraction of sp³-hybridized carbons (Fsp3) is 0.214. The molecule has 2 rings (SSSR count). The van der Waals surface area contributed by atoms with Gasteiger partial charge in [-0.25, -0.2) is 9.97 Å². The van der Waals surface area contributed by atoms with Gasteiger partial charge in [0, 0.05) is 18.4 Å². The van der Waals surface area contributed by atoms with Crippen LogP contribution in [0.4, 0.5) is 17.3 Å². The summed E-state index contributed by atoms with van der Waals surface area (Å²) in [5.41, 5.74) is 7.17. The maximum Gasteiger partial charge on any atom is 0.158 e. The van der Waals surface area contributed by atoms with Gasteiger partial charge in [-0.2, -0.15) is 5.26 Å². The number of nitrogen functional groups attached to an aromatic ring is 1. The normalized spacial score (nSPS) is 10.0. The number of nitrogens with zero attached hydrogens (tertiary/aromatic N) is 3. The molecule has 0 unspecified atom stereocenters. The first-order valence-electron chi connectivity index (χ1n) is 6.19. The number of rotatable bonds is 5. The summed E-state index contributed by atoms with van der Waals surface area (Å²) in [5.74, 6) is 1.51. The SMILES string of the molecule is CCOCc1nc(N)cc(Nc2ccc(C#N)cc2)n1. The van der Waals surface area contributed by atoms with Crippen molar-refractivity contribution in [2.45, 2.75) is 13.5 Å². The van der Waals surface area contributed by atoms with E-state index in [0.29, 0.717) is 36.2 Å². The molecule has 2 aromatic rings. The molecule has 20 heavy (non-hydrogen) atoms. The lowest BCUT2D eigenvalue weighted by molar-refractivity contribution is 0.128. The molecule has 0 bridgehead atoms. The van der Waals surface area contributed by atoms with Gasteiger partial charge in [-0.1, -0.05) is 0 Å². The van der Waals surface area contributed by atoms with Crippen molar-refractivity contribution in [1.82, 2.24) is 9.97 Å². The van der Waals surface area contributed by atoms with Crippen LogP contribution in [0.2, 0.25) is 0 Å². The topological polar surface area (TPSA) is 96.9 Å². The monoisotopic (exact) mass is 269 g/mol. The molecule has 102 valence electrons. The van der Waals surface area contributed by atoms with Crippen molar-refractivity contribution in [3.63, 3.8) is 0 Å². The van der Waals surface area contributed by atoms with E-state index in [1.165, 1.54) is 0 Å². The molecule has 0 atom stereocenters. The highest BCUT2D eigenvalue weighted by Gasteiger charge is 2.03. The van der Waals surface area contributed by atoms with E-state index in [1.54, 1.807) is 30.3 Å². The van der Waals surface area contributed by atoms with Crippen molar-refractivity contribution in [1.29, 1.82) is 5.26 Å². The van der Waals surface area contributed by atoms with Crippen molar-refractivity contribution >= 4 is 17.3 Å². The lowest BCUT2D eigenvalue weighted by Gasteiger charge is -2.08. The molecule has 0 amide bonds.